The van der Waals surface area contributed by atoms with Crippen LogP contribution in [0.2, 0.25) is 0 Å². The number of hydrogen-bond donors (Lipinski definition) is 1. The molecule has 5 heteroatoms. The number of nitrogens with zero attached hydrogens (tertiary/aromatic N) is 3. The maximum Gasteiger partial charge on any atom is 0.128 e. The fourth-order valence-electron chi connectivity index (χ4n) is 3.03. The van der Waals surface area contributed by atoms with Crippen LogP contribution >= 0.6 is 12.4 Å². The van der Waals surface area contributed by atoms with Crippen LogP contribution in [0.5, 0.6) is 0 Å². The molecule has 2 N–H and O–H groups in total. The number of hydrogen-bond acceptors (Lipinski definition) is 4. The maximum absolute atomic E-state index is 6.14. The van der Waals surface area contributed by atoms with E-state index in [9.17, 15) is 0 Å². The average Bonchev–Trinajstić information content (AvgIpc) is 2.47. The number of nitrogens with two attached hydrogens (primary N) is 1. The molecule has 2 unspecified atom stereocenters. The Morgan fingerprint density at radius 1 is 1.32 bits per heavy atom. The molecule has 126 valence electrons. The Kier molecular flexibility index (Phi) is 7.60. The lowest BCUT2D eigenvalue weighted by molar-refractivity contribution is 0.123. The van der Waals surface area contributed by atoms with E-state index in [1.165, 1.54) is 24.8 Å². The highest BCUT2D eigenvalue weighted by Crippen LogP contribution is 2.22. The number of likely N-dealkylation sites (tertiary alicyclic amines) is 1. The third-order valence-corrected chi connectivity index (χ3v) is 4.60. The van der Waals surface area contributed by atoms with Gasteiger partial charge in [0.2, 0.25) is 0 Å². The molecule has 0 aromatic carbocycles. The summed E-state index contributed by atoms with van der Waals surface area (Å²) < 4.78 is 0. The van der Waals surface area contributed by atoms with Crippen molar-refractivity contribution in [2.24, 2.45) is 5.73 Å². The average molecular weight is 327 g/mol. The summed E-state index contributed by atoms with van der Waals surface area (Å²) in [7, 11) is 2.09. The Labute approximate surface area is 141 Å². The lowest BCUT2D eigenvalue weighted by Crippen LogP contribution is -2.48. The molecule has 2 atom stereocenters. The van der Waals surface area contributed by atoms with Gasteiger partial charge in [-0.1, -0.05) is 12.5 Å². The molecule has 1 aromatic heterocycles. The highest BCUT2D eigenvalue weighted by Gasteiger charge is 2.25. The number of halogens is 1. The van der Waals surface area contributed by atoms with Gasteiger partial charge in [-0.05, 0) is 51.8 Å². The lowest BCUT2D eigenvalue weighted by atomic mass is 9.96. The van der Waals surface area contributed by atoms with Crippen molar-refractivity contribution in [2.45, 2.75) is 64.7 Å². The second-order valence-electron chi connectivity index (χ2n) is 6.62. The molecule has 2 heterocycles. The predicted octanol–water partition coefficient (Wildman–Crippen LogP) is 3.05. The fourth-order valence-corrected chi connectivity index (χ4v) is 3.03. The molecule has 0 saturated carbocycles. The van der Waals surface area contributed by atoms with Crippen molar-refractivity contribution in [1.82, 2.24) is 9.88 Å². The van der Waals surface area contributed by atoms with Crippen LogP contribution in [-0.4, -0.2) is 41.6 Å². The van der Waals surface area contributed by atoms with Crippen LogP contribution in [0.15, 0.2) is 18.3 Å². The summed E-state index contributed by atoms with van der Waals surface area (Å²) in [6, 6.07) is 5.54. The van der Waals surface area contributed by atoms with Gasteiger partial charge in [-0.3, -0.25) is 4.90 Å². The monoisotopic (exact) mass is 326 g/mol. The van der Waals surface area contributed by atoms with E-state index in [0.29, 0.717) is 12.1 Å². The maximum atomic E-state index is 6.14. The number of aromatic nitrogens is 1. The van der Waals surface area contributed by atoms with E-state index in [2.05, 4.69) is 54.7 Å². The second kappa shape index (κ2) is 8.70. The Bertz CT molecular complexity index is 433. The first-order chi connectivity index (χ1) is 9.99. The quantitative estimate of drug-likeness (QED) is 0.903. The number of pyridine rings is 1. The lowest BCUT2D eigenvalue weighted by Gasteiger charge is -2.38. The Balaban J connectivity index is 0.00000242. The smallest absolute Gasteiger partial charge is 0.128 e. The molecule has 0 bridgehead atoms. The van der Waals surface area contributed by atoms with Crippen LogP contribution in [0, 0.1) is 0 Å². The van der Waals surface area contributed by atoms with Gasteiger partial charge in [0, 0.05) is 37.9 Å². The normalized spacial score (nSPS) is 20.5. The largest absolute Gasteiger partial charge is 0.357 e. The van der Waals surface area contributed by atoms with Crippen LogP contribution in [0.1, 0.15) is 45.6 Å². The minimum atomic E-state index is 0. The Hall–Kier alpha value is -0.840. The molecule has 0 radical (unpaired) electrons. The van der Waals surface area contributed by atoms with Gasteiger partial charge in [-0.2, -0.15) is 0 Å². The van der Waals surface area contributed by atoms with Crippen LogP contribution in [-0.2, 0) is 6.54 Å². The van der Waals surface area contributed by atoms with E-state index >= 15 is 0 Å². The highest BCUT2D eigenvalue weighted by molar-refractivity contribution is 5.85. The molecule has 1 saturated heterocycles. The van der Waals surface area contributed by atoms with Crippen molar-refractivity contribution >= 4 is 18.2 Å². The molecular formula is C17H31ClN4. The third-order valence-electron chi connectivity index (χ3n) is 4.60. The minimum absolute atomic E-state index is 0. The Morgan fingerprint density at radius 3 is 2.59 bits per heavy atom. The van der Waals surface area contributed by atoms with Crippen LogP contribution in [0.3, 0.4) is 0 Å². The van der Waals surface area contributed by atoms with Gasteiger partial charge in [0.15, 0.2) is 0 Å². The number of piperidine rings is 1. The van der Waals surface area contributed by atoms with E-state index in [0.717, 1.165) is 18.9 Å². The van der Waals surface area contributed by atoms with Crippen LogP contribution < -0.4 is 10.6 Å². The van der Waals surface area contributed by atoms with E-state index in [4.69, 9.17) is 5.73 Å². The number of anilines is 1. The minimum Gasteiger partial charge on any atom is -0.357 e. The summed E-state index contributed by atoms with van der Waals surface area (Å²) in [5.74, 6) is 1.04. The fraction of sp³-hybridized carbons (Fsp3) is 0.706. The van der Waals surface area contributed by atoms with E-state index < -0.39 is 0 Å². The summed E-state index contributed by atoms with van der Waals surface area (Å²) in [5.41, 5.74) is 7.43. The van der Waals surface area contributed by atoms with Crippen LogP contribution in [0.25, 0.3) is 0 Å². The van der Waals surface area contributed by atoms with Gasteiger partial charge in [-0.25, -0.2) is 4.98 Å². The molecular weight excluding hydrogens is 296 g/mol. The van der Waals surface area contributed by atoms with Crippen molar-refractivity contribution in [3.8, 4) is 0 Å². The molecule has 1 aliphatic heterocycles. The van der Waals surface area contributed by atoms with Gasteiger partial charge in [0.1, 0.15) is 5.82 Å². The van der Waals surface area contributed by atoms with E-state index in [1.54, 1.807) is 0 Å². The predicted molar refractivity (Wildman–Crippen MR) is 96.7 cm³/mol. The molecule has 4 nitrogen and oxygen atoms in total. The standard InChI is InChI=1S/C17H30N4.ClH/c1-13(2)20(4)17-9-8-15(11-19-17)12-21-10-6-5-7-16(21)14(3)18;/h8-9,11,13-14,16H,5-7,10,12,18H2,1-4H3;1H. The summed E-state index contributed by atoms with van der Waals surface area (Å²) in [6.45, 7) is 8.60. The van der Waals surface area contributed by atoms with Crippen LogP contribution in [0.4, 0.5) is 5.82 Å². The Morgan fingerprint density at radius 2 is 2.05 bits per heavy atom. The zero-order valence-electron chi connectivity index (χ0n) is 14.3. The van der Waals surface area contributed by atoms with Crippen molar-refractivity contribution in [2.75, 3.05) is 18.5 Å². The first kappa shape index (κ1) is 19.2. The number of rotatable bonds is 5. The van der Waals surface area contributed by atoms with Crippen molar-refractivity contribution < 1.29 is 0 Å². The van der Waals surface area contributed by atoms with Gasteiger partial charge in [-0.15, -0.1) is 12.4 Å². The third kappa shape index (κ3) is 4.83. The first-order valence-electron chi connectivity index (χ1n) is 8.16. The van der Waals surface area contributed by atoms with Gasteiger partial charge in [0.25, 0.3) is 0 Å². The zero-order valence-corrected chi connectivity index (χ0v) is 15.1. The van der Waals surface area contributed by atoms with Crippen molar-refractivity contribution in [3.63, 3.8) is 0 Å². The molecule has 0 spiro atoms. The van der Waals surface area contributed by atoms with E-state index in [1.807, 2.05) is 6.20 Å². The molecule has 1 aliphatic rings. The zero-order chi connectivity index (χ0) is 15.4. The van der Waals surface area contributed by atoms with E-state index in [-0.39, 0.29) is 18.4 Å². The molecule has 22 heavy (non-hydrogen) atoms. The highest BCUT2D eigenvalue weighted by atomic mass is 35.5. The SMILES string of the molecule is CC(N)C1CCCCN1Cc1ccc(N(C)C(C)C)nc1.Cl. The van der Waals surface area contributed by atoms with Gasteiger partial charge < -0.3 is 10.6 Å². The summed E-state index contributed by atoms with van der Waals surface area (Å²) in [6.07, 6.45) is 5.82. The molecule has 0 amide bonds. The molecule has 1 aromatic rings. The summed E-state index contributed by atoms with van der Waals surface area (Å²) in [4.78, 5) is 9.32. The first-order valence-corrected chi connectivity index (χ1v) is 8.16. The molecule has 1 fully saturated rings. The molecule has 2 rings (SSSR count). The molecule has 0 aliphatic carbocycles. The van der Waals surface area contributed by atoms with Gasteiger partial charge >= 0.3 is 0 Å². The summed E-state index contributed by atoms with van der Waals surface area (Å²) >= 11 is 0. The second-order valence-corrected chi connectivity index (χ2v) is 6.62. The van der Waals surface area contributed by atoms with Crippen molar-refractivity contribution in [3.05, 3.63) is 23.9 Å². The summed E-state index contributed by atoms with van der Waals surface area (Å²) in [5, 5.41) is 0. The topological polar surface area (TPSA) is 45.4 Å². The van der Waals surface area contributed by atoms with Gasteiger partial charge in [0.05, 0.1) is 0 Å². The van der Waals surface area contributed by atoms with Crippen molar-refractivity contribution in [1.29, 1.82) is 0 Å².